The van der Waals surface area contributed by atoms with E-state index >= 15 is 0 Å². The van der Waals surface area contributed by atoms with E-state index in [1.54, 1.807) is 24.3 Å². The van der Waals surface area contributed by atoms with E-state index in [4.69, 9.17) is 0 Å². The summed E-state index contributed by atoms with van der Waals surface area (Å²) in [6.45, 7) is 3.47. The lowest BCUT2D eigenvalue weighted by Gasteiger charge is -2.19. The number of carbonyl (C=O) groups excluding carboxylic acids is 2. The number of anilines is 1. The van der Waals surface area contributed by atoms with Crippen molar-refractivity contribution < 1.29 is 9.59 Å². The molecule has 0 fully saturated rings. The molecule has 6 nitrogen and oxygen atoms in total. The van der Waals surface area contributed by atoms with Gasteiger partial charge in [0.1, 0.15) is 5.82 Å². The van der Waals surface area contributed by atoms with Crippen LogP contribution in [0.2, 0.25) is 0 Å². The van der Waals surface area contributed by atoms with Crippen molar-refractivity contribution in [1.82, 2.24) is 14.8 Å². The third kappa shape index (κ3) is 4.34. The van der Waals surface area contributed by atoms with Crippen molar-refractivity contribution in [2.24, 2.45) is 0 Å². The average Bonchev–Trinajstić information content (AvgIpc) is 2.88. The Balaban J connectivity index is 1.54. The van der Waals surface area contributed by atoms with Gasteiger partial charge in [0.05, 0.1) is 6.54 Å². The van der Waals surface area contributed by atoms with E-state index in [1.807, 2.05) is 36.2 Å². The number of benzene rings is 2. The molecule has 0 radical (unpaired) electrons. The molecule has 0 N–H and O–H groups in total. The van der Waals surface area contributed by atoms with Crippen LogP contribution in [0.4, 0.5) is 5.82 Å². The van der Waals surface area contributed by atoms with E-state index in [1.165, 1.54) is 21.9 Å². The Morgan fingerprint density at radius 3 is 2.68 bits per heavy atom. The Bertz CT molecular complexity index is 1170. The van der Waals surface area contributed by atoms with Crippen LogP contribution >= 0.6 is 0 Å². The molecule has 2 heterocycles. The Labute approximate surface area is 182 Å². The fraction of sp³-hybridized carbons (Fsp3) is 0.240. The molecule has 1 aliphatic heterocycles. The van der Waals surface area contributed by atoms with Crippen LogP contribution in [-0.4, -0.2) is 47.2 Å². The van der Waals surface area contributed by atoms with Gasteiger partial charge in [-0.2, -0.15) is 0 Å². The normalized spacial score (nSPS) is 14.7. The molecule has 2 aromatic carbocycles. The lowest BCUT2D eigenvalue weighted by atomic mass is 10.00. The number of hydrogen-bond acceptors (Lipinski definition) is 4. The third-order valence-corrected chi connectivity index (χ3v) is 5.59. The van der Waals surface area contributed by atoms with Gasteiger partial charge in [0.15, 0.2) is 0 Å². The molecular weight excluding hydrogens is 388 g/mol. The van der Waals surface area contributed by atoms with Crippen LogP contribution in [0.15, 0.2) is 67.0 Å². The highest BCUT2D eigenvalue weighted by Gasteiger charge is 2.24. The zero-order valence-corrected chi connectivity index (χ0v) is 18.1. The fourth-order valence-electron chi connectivity index (χ4n) is 3.95. The van der Waals surface area contributed by atoms with Gasteiger partial charge in [0.2, 0.25) is 11.8 Å². The molecule has 3 aromatic rings. The first-order valence-electron chi connectivity index (χ1n) is 10.3. The second-order valence-electron chi connectivity index (χ2n) is 8.02. The van der Waals surface area contributed by atoms with Gasteiger partial charge in [0, 0.05) is 44.2 Å². The van der Waals surface area contributed by atoms with Gasteiger partial charge in [-0.1, -0.05) is 42.5 Å². The number of aromatic nitrogens is 1. The van der Waals surface area contributed by atoms with Gasteiger partial charge in [-0.05, 0) is 41.9 Å². The van der Waals surface area contributed by atoms with Crippen LogP contribution in [0.25, 0.3) is 10.8 Å². The number of hydrogen-bond donors (Lipinski definition) is 0. The standard InChI is InChI=1S/C25H26N4O2/c1-18-10-11-19(22-9-5-4-8-21(18)22)16-28(3)23(30)12-14-29-24(31)17-27(2)15-20-7-6-13-26-25(20)29/h4-14H,15-17H2,1-3H3/b14-12+. The number of amides is 2. The Morgan fingerprint density at radius 1 is 1.10 bits per heavy atom. The maximum atomic E-state index is 12.8. The Hall–Kier alpha value is -3.51. The van der Waals surface area contributed by atoms with E-state index in [9.17, 15) is 9.59 Å². The topological polar surface area (TPSA) is 56.8 Å². The van der Waals surface area contributed by atoms with E-state index in [2.05, 4.69) is 36.2 Å². The molecule has 0 atom stereocenters. The van der Waals surface area contributed by atoms with Gasteiger partial charge < -0.3 is 4.90 Å². The number of aryl methyl sites for hydroxylation is 1. The number of fused-ring (bicyclic) bond motifs is 2. The zero-order chi connectivity index (χ0) is 22.0. The summed E-state index contributed by atoms with van der Waals surface area (Å²) in [5.41, 5.74) is 3.25. The molecule has 0 spiro atoms. The minimum atomic E-state index is -0.174. The van der Waals surface area contributed by atoms with Crippen molar-refractivity contribution in [2.75, 3.05) is 25.5 Å². The molecule has 0 saturated heterocycles. The van der Waals surface area contributed by atoms with Crippen molar-refractivity contribution in [3.8, 4) is 0 Å². The molecule has 0 unspecified atom stereocenters. The zero-order valence-electron chi connectivity index (χ0n) is 18.1. The summed E-state index contributed by atoms with van der Waals surface area (Å²) in [5.74, 6) is 0.289. The van der Waals surface area contributed by atoms with Crippen LogP contribution in [-0.2, 0) is 22.7 Å². The molecule has 6 heteroatoms. The molecular formula is C25H26N4O2. The molecule has 1 aromatic heterocycles. The van der Waals surface area contributed by atoms with Gasteiger partial charge in [-0.25, -0.2) is 4.98 Å². The maximum absolute atomic E-state index is 12.8. The average molecular weight is 415 g/mol. The summed E-state index contributed by atoms with van der Waals surface area (Å²) >= 11 is 0. The first-order chi connectivity index (χ1) is 14.9. The van der Waals surface area contributed by atoms with Crippen molar-refractivity contribution in [3.63, 3.8) is 0 Å². The first kappa shape index (κ1) is 20.8. The molecule has 1 aliphatic rings. The summed E-state index contributed by atoms with van der Waals surface area (Å²) in [4.78, 5) is 35.0. The summed E-state index contributed by atoms with van der Waals surface area (Å²) in [6, 6.07) is 16.2. The lowest BCUT2D eigenvalue weighted by molar-refractivity contribution is -0.125. The molecule has 0 bridgehead atoms. The highest BCUT2D eigenvalue weighted by Crippen LogP contribution is 2.24. The second kappa shape index (κ2) is 8.70. The summed E-state index contributed by atoms with van der Waals surface area (Å²) in [5, 5.41) is 2.34. The largest absolute Gasteiger partial charge is 0.338 e. The smallest absolute Gasteiger partial charge is 0.248 e. The lowest BCUT2D eigenvalue weighted by Crippen LogP contribution is -2.33. The Morgan fingerprint density at radius 2 is 1.87 bits per heavy atom. The van der Waals surface area contributed by atoms with E-state index in [-0.39, 0.29) is 18.4 Å². The van der Waals surface area contributed by atoms with E-state index in [0.717, 1.165) is 16.5 Å². The van der Waals surface area contributed by atoms with Gasteiger partial charge in [-0.3, -0.25) is 19.4 Å². The first-order valence-corrected chi connectivity index (χ1v) is 10.3. The van der Waals surface area contributed by atoms with Crippen LogP contribution in [0.5, 0.6) is 0 Å². The molecule has 2 amide bonds. The molecule has 4 rings (SSSR count). The van der Waals surface area contributed by atoms with Gasteiger partial charge in [0.25, 0.3) is 0 Å². The Kier molecular flexibility index (Phi) is 5.82. The minimum Gasteiger partial charge on any atom is -0.338 e. The highest BCUT2D eigenvalue weighted by molar-refractivity contribution is 5.98. The number of nitrogens with zero attached hydrogens (tertiary/aromatic N) is 4. The van der Waals surface area contributed by atoms with Crippen molar-refractivity contribution >= 4 is 28.4 Å². The van der Waals surface area contributed by atoms with Crippen LogP contribution in [0.3, 0.4) is 0 Å². The molecule has 158 valence electrons. The predicted octanol–water partition coefficient (Wildman–Crippen LogP) is 3.49. The second-order valence-corrected chi connectivity index (χ2v) is 8.02. The number of rotatable bonds is 4. The summed E-state index contributed by atoms with van der Waals surface area (Å²) in [7, 11) is 3.66. The van der Waals surface area contributed by atoms with Crippen LogP contribution in [0, 0.1) is 6.92 Å². The van der Waals surface area contributed by atoms with Crippen molar-refractivity contribution in [2.45, 2.75) is 20.0 Å². The van der Waals surface area contributed by atoms with Gasteiger partial charge >= 0.3 is 0 Å². The van der Waals surface area contributed by atoms with Crippen LogP contribution in [0.1, 0.15) is 16.7 Å². The van der Waals surface area contributed by atoms with Crippen molar-refractivity contribution in [1.29, 1.82) is 0 Å². The maximum Gasteiger partial charge on any atom is 0.248 e. The number of carbonyl (C=O) groups is 2. The van der Waals surface area contributed by atoms with Crippen molar-refractivity contribution in [3.05, 3.63) is 83.7 Å². The number of likely N-dealkylation sites (N-methyl/N-ethyl adjacent to an activating group) is 2. The minimum absolute atomic E-state index is 0.115. The monoisotopic (exact) mass is 414 g/mol. The summed E-state index contributed by atoms with van der Waals surface area (Å²) in [6.07, 6.45) is 4.65. The van der Waals surface area contributed by atoms with Gasteiger partial charge in [-0.15, -0.1) is 0 Å². The summed E-state index contributed by atoms with van der Waals surface area (Å²) < 4.78 is 0. The number of pyridine rings is 1. The predicted molar refractivity (Wildman–Crippen MR) is 122 cm³/mol. The quantitative estimate of drug-likeness (QED) is 0.613. The SMILES string of the molecule is Cc1ccc(CN(C)C(=O)/C=C/N2C(=O)CN(C)Cc3cccnc32)c2ccccc12. The fourth-order valence-corrected chi connectivity index (χ4v) is 3.95. The molecule has 31 heavy (non-hydrogen) atoms. The molecule has 0 saturated carbocycles. The van der Waals surface area contributed by atoms with Crippen LogP contribution < -0.4 is 4.90 Å². The van der Waals surface area contributed by atoms with E-state index in [0.29, 0.717) is 18.9 Å². The molecule has 0 aliphatic carbocycles. The highest BCUT2D eigenvalue weighted by atomic mass is 16.2. The third-order valence-electron chi connectivity index (χ3n) is 5.59. The van der Waals surface area contributed by atoms with E-state index < -0.39 is 0 Å².